The Morgan fingerprint density at radius 3 is 2.61 bits per heavy atom. The maximum Gasteiger partial charge on any atom is 0.296 e. The minimum absolute atomic E-state index is 0. The maximum atomic E-state index is 6.33. The van der Waals surface area contributed by atoms with Crippen LogP contribution in [0.15, 0.2) is 39.5 Å². The second-order valence-corrected chi connectivity index (χ2v) is 5.58. The second-order valence-electron chi connectivity index (χ2n) is 5.58. The molecule has 1 fully saturated rings. The number of nitrogens with two attached hydrogens (primary N) is 1. The molecule has 0 radical (unpaired) electrons. The Morgan fingerprint density at radius 2 is 1.87 bits per heavy atom. The van der Waals surface area contributed by atoms with E-state index in [1.807, 2.05) is 18.2 Å². The van der Waals surface area contributed by atoms with Crippen LogP contribution in [-0.2, 0) is 5.54 Å². The average molecular weight is 334 g/mol. The van der Waals surface area contributed by atoms with Gasteiger partial charge in [0.25, 0.3) is 5.89 Å². The Labute approximate surface area is 138 Å². The van der Waals surface area contributed by atoms with E-state index >= 15 is 0 Å². The zero-order valence-electron chi connectivity index (χ0n) is 12.3. The van der Waals surface area contributed by atoms with Crippen molar-refractivity contribution in [2.75, 3.05) is 0 Å². The molecule has 0 atom stereocenters. The number of aromatic nitrogens is 4. The summed E-state index contributed by atoms with van der Waals surface area (Å²) in [5.41, 5.74) is 7.20. The summed E-state index contributed by atoms with van der Waals surface area (Å²) in [4.78, 5) is 8.61. The molecule has 2 N–H and O–H groups in total. The van der Waals surface area contributed by atoms with Gasteiger partial charge in [-0.25, -0.2) is 0 Å². The van der Waals surface area contributed by atoms with Crippen molar-refractivity contribution in [3.63, 3.8) is 0 Å². The normalized spacial score (nSPS) is 16.2. The van der Waals surface area contributed by atoms with Crippen molar-refractivity contribution in [2.45, 2.75) is 31.2 Å². The first-order valence-corrected chi connectivity index (χ1v) is 7.26. The van der Waals surface area contributed by atoms with Crippen LogP contribution in [0.4, 0.5) is 0 Å². The van der Waals surface area contributed by atoms with Gasteiger partial charge >= 0.3 is 0 Å². The number of pyridine rings is 1. The van der Waals surface area contributed by atoms with E-state index in [-0.39, 0.29) is 12.4 Å². The number of hydrogen-bond acceptors (Lipinski definition) is 7. The standard InChI is InChI=1S/C15H15N5O2.ClH/c16-15(6-2-3-7-15)14-18-13(22-20-14)12-9-11(19-21-12)10-5-1-4-8-17-10;/h1,4-5,8-9H,2-3,6-7,16H2;1H. The fraction of sp³-hybridized carbons (Fsp3) is 0.333. The molecule has 4 rings (SSSR count). The highest BCUT2D eigenvalue weighted by molar-refractivity contribution is 5.85. The summed E-state index contributed by atoms with van der Waals surface area (Å²) in [5, 5.41) is 8.00. The van der Waals surface area contributed by atoms with Gasteiger partial charge in [0.05, 0.1) is 11.2 Å². The molecule has 7 nitrogen and oxygen atoms in total. The molecule has 0 spiro atoms. The summed E-state index contributed by atoms with van der Waals surface area (Å²) in [5.74, 6) is 1.25. The first-order chi connectivity index (χ1) is 10.7. The molecule has 0 unspecified atom stereocenters. The number of halogens is 1. The Hall–Kier alpha value is -2.25. The van der Waals surface area contributed by atoms with Crippen LogP contribution in [0.2, 0.25) is 0 Å². The molecule has 1 aliphatic rings. The Kier molecular flexibility index (Phi) is 4.14. The monoisotopic (exact) mass is 333 g/mol. The van der Waals surface area contributed by atoms with Crippen molar-refractivity contribution < 1.29 is 9.05 Å². The summed E-state index contributed by atoms with van der Waals surface area (Å²) in [6.45, 7) is 0. The van der Waals surface area contributed by atoms with Crippen molar-refractivity contribution in [1.29, 1.82) is 0 Å². The van der Waals surface area contributed by atoms with Crippen molar-refractivity contribution in [3.8, 4) is 23.0 Å². The third kappa shape index (κ3) is 2.85. The molecule has 1 saturated carbocycles. The number of rotatable bonds is 3. The van der Waals surface area contributed by atoms with Gasteiger partial charge in [0.2, 0.25) is 5.76 Å². The predicted octanol–water partition coefficient (Wildman–Crippen LogP) is 2.94. The Bertz CT molecular complexity index is 780. The lowest BCUT2D eigenvalue weighted by atomic mass is 9.99. The van der Waals surface area contributed by atoms with Crippen LogP contribution in [-0.4, -0.2) is 20.3 Å². The smallest absolute Gasteiger partial charge is 0.296 e. The topological polar surface area (TPSA) is 104 Å². The van der Waals surface area contributed by atoms with Crippen molar-refractivity contribution in [1.82, 2.24) is 20.3 Å². The average Bonchev–Trinajstić information content (AvgIpc) is 3.28. The van der Waals surface area contributed by atoms with E-state index in [1.54, 1.807) is 12.3 Å². The minimum atomic E-state index is -0.481. The highest BCUT2D eigenvalue weighted by atomic mass is 35.5. The first-order valence-electron chi connectivity index (χ1n) is 7.26. The van der Waals surface area contributed by atoms with E-state index in [0.29, 0.717) is 23.2 Å². The summed E-state index contributed by atoms with van der Waals surface area (Å²) >= 11 is 0. The van der Waals surface area contributed by atoms with Crippen molar-refractivity contribution in [3.05, 3.63) is 36.3 Å². The van der Waals surface area contributed by atoms with Crippen LogP contribution >= 0.6 is 12.4 Å². The molecule has 0 bridgehead atoms. The molecular formula is C15H16ClN5O2. The minimum Gasteiger partial charge on any atom is -0.350 e. The molecule has 0 amide bonds. The zero-order valence-corrected chi connectivity index (χ0v) is 13.1. The Balaban J connectivity index is 0.00000156. The van der Waals surface area contributed by atoms with Gasteiger partial charge in [-0.3, -0.25) is 4.98 Å². The highest BCUT2D eigenvalue weighted by Crippen LogP contribution is 2.35. The van der Waals surface area contributed by atoms with Gasteiger partial charge < -0.3 is 14.8 Å². The molecule has 1 aliphatic carbocycles. The van der Waals surface area contributed by atoms with Gasteiger partial charge in [-0.15, -0.1) is 12.4 Å². The molecule has 3 aromatic heterocycles. The molecule has 23 heavy (non-hydrogen) atoms. The van der Waals surface area contributed by atoms with Gasteiger partial charge in [-0.1, -0.05) is 29.2 Å². The third-order valence-corrected chi connectivity index (χ3v) is 4.02. The van der Waals surface area contributed by atoms with Crippen LogP contribution in [0, 0.1) is 0 Å². The van der Waals surface area contributed by atoms with Gasteiger partial charge in [0.15, 0.2) is 5.82 Å². The van der Waals surface area contributed by atoms with Crippen molar-refractivity contribution >= 4 is 12.4 Å². The van der Waals surface area contributed by atoms with Gasteiger partial charge in [-0.2, -0.15) is 4.98 Å². The van der Waals surface area contributed by atoms with Crippen LogP contribution in [0.5, 0.6) is 0 Å². The van der Waals surface area contributed by atoms with E-state index in [4.69, 9.17) is 14.8 Å². The van der Waals surface area contributed by atoms with Gasteiger partial charge in [0, 0.05) is 12.3 Å². The lowest BCUT2D eigenvalue weighted by Crippen LogP contribution is -2.34. The van der Waals surface area contributed by atoms with Crippen molar-refractivity contribution in [2.24, 2.45) is 5.73 Å². The van der Waals surface area contributed by atoms with E-state index in [1.165, 1.54) is 0 Å². The van der Waals surface area contributed by atoms with Crippen LogP contribution in [0.1, 0.15) is 31.5 Å². The SMILES string of the molecule is Cl.NC1(c2noc(-c3cc(-c4ccccn4)no3)n2)CCCC1. The summed E-state index contributed by atoms with van der Waals surface area (Å²) in [6.07, 6.45) is 5.63. The Morgan fingerprint density at radius 1 is 1.04 bits per heavy atom. The molecule has 0 saturated heterocycles. The van der Waals surface area contributed by atoms with Gasteiger partial charge in [-0.05, 0) is 25.0 Å². The molecule has 0 aromatic carbocycles. The summed E-state index contributed by atoms with van der Waals surface area (Å²) < 4.78 is 10.6. The predicted molar refractivity (Wildman–Crippen MR) is 84.6 cm³/mol. The quantitative estimate of drug-likeness (QED) is 0.785. The van der Waals surface area contributed by atoms with E-state index in [2.05, 4.69) is 20.3 Å². The number of hydrogen-bond donors (Lipinski definition) is 1. The lowest BCUT2D eigenvalue weighted by molar-refractivity contribution is 0.360. The van der Waals surface area contributed by atoms with Crippen LogP contribution in [0.25, 0.3) is 23.0 Å². The van der Waals surface area contributed by atoms with E-state index < -0.39 is 5.54 Å². The molecule has 0 aliphatic heterocycles. The first kappa shape index (κ1) is 15.6. The summed E-state index contributed by atoms with van der Waals surface area (Å²) in [7, 11) is 0. The fourth-order valence-corrected chi connectivity index (χ4v) is 2.77. The lowest BCUT2D eigenvalue weighted by Gasteiger charge is -2.17. The highest BCUT2D eigenvalue weighted by Gasteiger charge is 2.36. The maximum absolute atomic E-state index is 6.33. The molecule has 120 valence electrons. The van der Waals surface area contributed by atoms with E-state index in [0.717, 1.165) is 31.4 Å². The molecule has 3 aromatic rings. The zero-order chi connectivity index (χ0) is 15.0. The van der Waals surface area contributed by atoms with E-state index in [9.17, 15) is 0 Å². The van der Waals surface area contributed by atoms with Crippen LogP contribution < -0.4 is 5.73 Å². The number of nitrogens with zero attached hydrogens (tertiary/aromatic N) is 4. The molecule has 3 heterocycles. The molecular weight excluding hydrogens is 318 g/mol. The van der Waals surface area contributed by atoms with Crippen LogP contribution in [0.3, 0.4) is 0 Å². The largest absolute Gasteiger partial charge is 0.350 e. The second kappa shape index (κ2) is 6.10. The third-order valence-electron chi connectivity index (χ3n) is 4.02. The molecule has 8 heteroatoms. The fourth-order valence-electron chi connectivity index (χ4n) is 2.77. The summed E-state index contributed by atoms with van der Waals surface area (Å²) in [6, 6.07) is 7.32. The van der Waals surface area contributed by atoms with Gasteiger partial charge in [0.1, 0.15) is 5.69 Å².